The number of nitrogens with zero attached hydrogens (tertiary/aromatic N) is 3. The van der Waals surface area contributed by atoms with E-state index >= 15 is 0 Å². The quantitative estimate of drug-likeness (QED) is 0.770. The van der Waals surface area contributed by atoms with E-state index in [1.54, 1.807) is 17.7 Å². The van der Waals surface area contributed by atoms with Gasteiger partial charge >= 0.3 is 0 Å². The summed E-state index contributed by atoms with van der Waals surface area (Å²) in [6.45, 7) is 0. The minimum absolute atomic E-state index is 0.0366. The molecular weight excluding hydrogens is 248 g/mol. The Morgan fingerprint density at radius 3 is 2.83 bits per heavy atom. The number of azo groups is 1. The number of aromatic hydroxyl groups is 1. The molecule has 3 rings (SSSR count). The Morgan fingerprint density at radius 1 is 1.33 bits per heavy atom. The van der Waals surface area contributed by atoms with Crippen LogP contribution < -0.4 is 0 Å². The van der Waals surface area contributed by atoms with Crippen LogP contribution in [0.2, 0.25) is 0 Å². The highest BCUT2D eigenvalue weighted by Crippen LogP contribution is 2.36. The Hall–Kier alpha value is -2.21. The van der Waals surface area contributed by atoms with E-state index in [9.17, 15) is 5.11 Å². The lowest BCUT2D eigenvalue weighted by molar-refractivity contribution is 0.454. The number of aromatic nitrogens is 2. The van der Waals surface area contributed by atoms with Gasteiger partial charge in [0.1, 0.15) is 5.69 Å². The van der Waals surface area contributed by atoms with Crippen molar-refractivity contribution in [1.29, 1.82) is 0 Å². The minimum Gasteiger partial charge on any atom is -0.493 e. The van der Waals surface area contributed by atoms with E-state index in [0.29, 0.717) is 16.2 Å². The molecule has 0 atom stereocenters. The highest BCUT2D eigenvalue weighted by molar-refractivity contribution is 7.71. The third-order valence-corrected chi connectivity index (χ3v) is 3.23. The number of hydrogen-bond acceptors (Lipinski definition) is 4. The highest BCUT2D eigenvalue weighted by Gasteiger charge is 2.15. The summed E-state index contributed by atoms with van der Waals surface area (Å²) in [6.07, 6.45) is 1.76. The largest absolute Gasteiger partial charge is 0.493 e. The van der Waals surface area contributed by atoms with Gasteiger partial charge in [-0.3, -0.25) is 0 Å². The predicted octanol–water partition coefficient (Wildman–Crippen LogP) is 3.38. The molecule has 2 N–H and O–H groups in total. The Morgan fingerprint density at radius 2 is 2.11 bits per heavy atom. The minimum atomic E-state index is 0.0366. The van der Waals surface area contributed by atoms with Crippen LogP contribution in [0.15, 0.2) is 34.5 Å². The lowest BCUT2D eigenvalue weighted by Gasteiger charge is -1.99. The molecule has 1 aromatic carbocycles. The van der Waals surface area contributed by atoms with Gasteiger partial charge in [-0.15, -0.1) is 10.2 Å². The first-order valence-corrected chi connectivity index (χ1v) is 5.78. The Bertz CT molecular complexity index is 739. The number of benzene rings is 1. The monoisotopic (exact) mass is 258 g/mol. The fraction of sp³-hybridized carbons (Fsp3) is 0.0833. The molecule has 90 valence electrons. The van der Waals surface area contributed by atoms with Crippen molar-refractivity contribution < 1.29 is 5.11 Å². The third kappa shape index (κ3) is 1.58. The van der Waals surface area contributed by atoms with Crippen LogP contribution in [0, 0.1) is 4.77 Å². The second-order valence-electron chi connectivity index (χ2n) is 3.97. The number of nitrogens with one attached hydrogen (secondary N) is 1. The van der Waals surface area contributed by atoms with E-state index in [2.05, 4.69) is 15.2 Å². The maximum absolute atomic E-state index is 9.76. The molecule has 18 heavy (non-hydrogen) atoms. The number of imidazole rings is 1. The van der Waals surface area contributed by atoms with Gasteiger partial charge in [-0.25, -0.2) is 0 Å². The lowest BCUT2D eigenvalue weighted by Crippen LogP contribution is -1.90. The van der Waals surface area contributed by atoms with Gasteiger partial charge in [-0.2, -0.15) is 0 Å². The van der Waals surface area contributed by atoms with Crippen molar-refractivity contribution in [2.24, 2.45) is 17.3 Å². The number of hydrogen-bond donors (Lipinski definition) is 2. The topological polar surface area (TPSA) is 65.7 Å². The average Bonchev–Trinajstić information content (AvgIpc) is 2.87. The van der Waals surface area contributed by atoms with Crippen LogP contribution in [-0.2, 0) is 7.05 Å². The second kappa shape index (κ2) is 3.92. The first kappa shape index (κ1) is 10.9. The van der Waals surface area contributed by atoms with Crippen molar-refractivity contribution in [3.8, 4) is 5.88 Å². The molecule has 0 aliphatic carbocycles. The first-order chi connectivity index (χ1) is 8.66. The summed E-state index contributed by atoms with van der Waals surface area (Å²) in [7, 11) is 1.78. The molecule has 5 nitrogen and oxygen atoms in total. The Kier molecular flexibility index (Phi) is 2.38. The van der Waals surface area contributed by atoms with E-state index < -0.39 is 0 Å². The molecule has 1 aliphatic heterocycles. The van der Waals surface area contributed by atoms with Gasteiger partial charge in [0.15, 0.2) is 4.77 Å². The van der Waals surface area contributed by atoms with Gasteiger partial charge < -0.3 is 14.7 Å². The van der Waals surface area contributed by atoms with Crippen molar-refractivity contribution in [1.82, 2.24) is 9.55 Å². The molecular formula is C12H10N4OS. The van der Waals surface area contributed by atoms with E-state index in [1.807, 2.05) is 24.3 Å². The molecule has 2 heterocycles. The maximum atomic E-state index is 9.76. The smallest absolute Gasteiger partial charge is 0.215 e. The summed E-state index contributed by atoms with van der Waals surface area (Å²) >= 11 is 5.04. The van der Waals surface area contributed by atoms with Gasteiger partial charge in [-0.1, -0.05) is 18.2 Å². The van der Waals surface area contributed by atoms with Crippen molar-refractivity contribution in [2.45, 2.75) is 0 Å². The average molecular weight is 258 g/mol. The predicted molar refractivity (Wildman–Crippen MR) is 71.1 cm³/mol. The van der Waals surface area contributed by atoms with Gasteiger partial charge in [0.2, 0.25) is 5.88 Å². The zero-order valence-corrected chi connectivity index (χ0v) is 10.4. The number of H-pyrrole nitrogens is 1. The van der Waals surface area contributed by atoms with Crippen LogP contribution in [0.1, 0.15) is 11.3 Å². The van der Waals surface area contributed by atoms with Gasteiger partial charge in [0, 0.05) is 12.6 Å². The number of aromatic amines is 1. The summed E-state index contributed by atoms with van der Waals surface area (Å²) in [6, 6.07) is 7.68. The van der Waals surface area contributed by atoms with Crippen LogP contribution in [0.25, 0.3) is 11.8 Å². The number of fused-ring (bicyclic) bond motifs is 1. The molecule has 1 aromatic heterocycles. The molecule has 0 saturated heterocycles. The fourth-order valence-electron chi connectivity index (χ4n) is 1.86. The van der Waals surface area contributed by atoms with E-state index in [1.165, 1.54) is 0 Å². The zero-order valence-electron chi connectivity index (χ0n) is 9.58. The standard InChI is InChI=1S/C12H10N4OS/c1-16-10(11(17)13-12(16)18)6-9-7-4-2-3-5-8(7)14-15-9/h2-6,17H,1H3,(H,13,18)/b9-6-. The SMILES string of the molecule is Cn1c(/C=C2\N=Nc3ccccc32)c(O)[nH]c1=S. The summed E-state index contributed by atoms with van der Waals surface area (Å²) in [5.41, 5.74) is 3.08. The Balaban J connectivity index is 2.15. The molecule has 2 aromatic rings. The van der Waals surface area contributed by atoms with E-state index in [0.717, 1.165) is 11.3 Å². The molecule has 0 amide bonds. The molecule has 1 aliphatic rings. The highest BCUT2D eigenvalue weighted by atomic mass is 32.1. The molecule has 6 heteroatoms. The molecule has 0 bridgehead atoms. The summed E-state index contributed by atoms with van der Waals surface area (Å²) in [4.78, 5) is 2.69. The fourth-order valence-corrected chi connectivity index (χ4v) is 2.05. The molecule has 0 unspecified atom stereocenters. The van der Waals surface area contributed by atoms with Crippen LogP contribution in [0.3, 0.4) is 0 Å². The second-order valence-corrected chi connectivity index (χ2v) is 4.36. The van der Waals surface area contributed by atoms with E-state index in [-0.39, 0.29) is 5.88 Å². The van der Waals surface area contributed by atoms with Crippen LogP contribution in [0.4, 0.5) is 5.69 Å². The van der Waals surface area contributed by atoms with Crippen molar-refractivity contribution >= 4 is 29.7 Å². The molecule has 0 radical (unpaired) electrons. The molecule has 0 saturated carbocycles. The van der Waals surface area contributed by atoms with Crippen LogP contribution >= 0.6 is 12.2 Å². The summed E-state index contributed by atoms with van der Waals surface area (Å²) < 4.78 is 2.15. The molecule has 0 fully saturated rings. The zero-order chi connectivity index (χ0) is 12.7. The van der Waals surface area contributed by atoms with Crippen LogP contribution in [-0.4, -0.2) is 14.7 Å². The first-order valence-electron chi connectivity index (χ1n) is 5.37. The van der Waals surface area contributed by atoms with Gasteiger partial charge in [0.25, 0.3) is 0 Å². The Labute approximate surface area is 108 Å². The van der Waals surface area contributed by atoms with Gasteiger partial charge in [-0.05, 0) is 24.4 Å². The van der Waals surface area contributed by atoms with Crippen molar-refractivity contribution in [2.75, 3.05) is 0 Å². The van der Waals surface area contributed by atoms with Crippen molar-refractivity contribution in [3.63, 3.8) is 0 Å². The van der Waals surface area contributed by atoms with Gasteiger partial charge in [0.05, 0.1) is 11.4 Å². The van der Waals surface area contributed by atoms with E-state index in [4.69, 9.17) is 12.2 Å². The lowest BCUT2D eigenvalue weighted by atomic mass is 10.1. The van der Waals surface area contributed by atoms with Crippen molar-refractivity contribution in [3.05, 3.63) is 40.3 Å². The maximum Gasteiger partial charge on any atom is 0.215 e. The third-order valence-electron chi connectivity index (χ3n) is 2.85. The van der Waals surface area contributed by atoms with Crippen LogP contribution in [0.5, 0.6) is 5.88 Å². The summed E-state index contributed by atoms with van der Waals surface area (Å²) in [5.74, 6) is 0.0366. The number of rotatable bonds is 1. The molecule has 0 spiro atoms. The summed E-state index contributed by atoms with van der Waals surface area (Å²) in [5, 5.41) is 17.9. The normalized spacial score (nSPS) is 15.3.